The first-order valence-electron chi connectivity index (χ1n) is 10.3. The van der Waals surface area contributed by atoms with Crippen LogP contribution in [0.15, 0.2) is 59.1 Å². The van der Waals surface area contributed by atoms with E-state index >= 15 is 0 Å². The molecule has 0 radical (unpaired) electrons. The second-order valence-corrected chi connectivity index (χ2v) is 8.05. The molecule has 4 aromatic rings. The summed E-state index contributed by atoms with van der Waals surface area (Å²) in [6.07, 6.45) is 1.97. The van der Waals surface area contributed by atoms with Crippen molar-refractivity contribution in [1.82, 2.24) is 19.6 Å². The van der Waals surface area contributed by atoms with Crippen molar-refractivity contribution >= 4 is 16.9 Å². The number of imidazole rings is 1. The van der Waals surface area contributed by atoms with E-state index in [4.69, 9.17) is 9.51 Å². The quantitative estimate of drug-likeness (QED) is 0.506. The standard InChI is InChI=1S/C24H24N4O2/c1-16-9-11-17(12-10-16)22-14-20(26-30-22)24(29)28-13-5-6-18(15-28)23-25-19-7-3-4-8-21(19)27(23)2/h3-4,7-12,14,18H,5-6,13,15H2,1-2H3. The number of carbonyl (C=O) groups is 1. The average Bonchev–Trinajstić information content (AvgIpc) is 3.40. The molecule has 6 heteroatoms. The van der Waals surface area contributed by atoms with Crippen molar-refractivity contribution in [3.8, 4) is 11.3 Å². The molecule has 152 valence electrons. The molecule has 0 aliphatic carbocycles. The predicted molar refractivity (Wildman–Crippen MR) is 115 cm³/mol. The Kier molecular flexibility index (Phi) is 4.62. The van der Waals surface area contributed by atoms with Gasteiger partial charge in [-0.05, 0) is 31.9 Å². The van der Waals surface area contributed by atoms with Gasteiger partial charge in [0.2, 0.25) is 0 Å². The Morgan fingerprint density at radius 1 is 1.13 bits per heavy atom. The molecule has 1 saturated heterocycles. The number of piperidine rings is 1. The maximum absolute atomic E-state index is 13.1. The summed E-state index contributed by atoms with van der Waals surface area (Å²) in [6.45, 7) is 3.41. The molecule has 2 aromatic carbocycles. The molecule has 0 spiro atoms. The highest BCUT2D eigenvalue weighted by atomic mass is 16.5. The molecule has 1 aliphatic heterocycles. The Balaban J connectivity index is 1.36. The summed E-state index contributed by atoms with van der Waals surface area (Å²) in [5.74, 6) is 1.78. The molecule has 2 aromatic heterocycles. The van der Waals surface area contributed by atoms with Crippen LogP contribution in [-0.4, -0.2) is 38.6 Å². The molecular formula is C24H24N4O2. The maximum atomic E-state index is 13.1. The van der Waals surface area contributed by atoms with Crippen LogP contribution >= 0.6 is 0 Å². The van der Waals surface area contributed by atoms with E-state index in [2.05, 4.69) is 22.8 Å². The molecule has 1 unspecified atom stereocenters. The van der Waals surface area contributed by atoms with Gasteiger partial charge in [-0.3, -0.25) is 4.79 Å². The summed E-state index contributed by atoms with van der Waals surface area (Å²) in [5, 5.41) is 4.05. The second-order valence-electron chi connectivity index (χ2n) is 8.05. The van der Waals surface area contributed by atoms with Gasteiger partial charge in [0.25, 0.3) is 5.91 Å². The third-order valence-corrected chi connectivity index (χ3v) is 5.96. The topological polar surface area (TPSA) is 64.2 Å². The van der Waals surface area contributed by atoms with Gasteiger partial charge in [-0.2, -0.15) is 0 Å². The van der Waals surface area contributed by atoms with Crippen LogP contribution in [-0.2, 0) is 7.05 Å². The average molecular weight is 400 g/mol. The van der Waals surface area contributed by atoms with E-state index in [1.807, 2.05) is 54.3 Å². The second kappa shape index (κ2) is 7.44. The lowest BCUT2D eigenvalue weighted by molar-refractivity contribution is 0.0693. The third kappa shape index (κ3) is 3.28. The fraction of sp³-hybridized carbons (Fsp3) is 0.292. The van der Waals surface area contributed by atoms with Crippen molar-refractivity contribution < 1.29 is 9.32 Å². The number of aryl methyl sites for hydroxylation is 2. The Morgan fingerprint density at radius 3 is 2.73 bits per heavy atom. The first-order valence-corrected chi connectivity index (χ1v) is 10.3. The van der Waals surface area contributed by atoms with Gasteiger partial charge >= 0.3 is 0 Å². The SMILES string of the molecule is Cc1ccc(-c2cc(C(=O)N3CCCC(c4nc5ccccc5n4C)C3)no2)cc1. The van der Waals surface area contributed by atoms with Crippen LogP contribution in [0.5, 0.6) is 0 Å². The lowest BCUT2D eigenvalue weighted by Crippen LogP contribution is -2.39. The van der Waals surface area contributed by atoms with Crippen molar-refractivity contribution in [2.45, 2.75) is 25.7 Å². The minimum atomic E-state index is -0.0828. The smallest absolute Gasteiger partial charge is 0.276 e. The maximum Gasteiger partial charge on any atom is 0.276 e. The van der Waals surface area contributed by atoms with Crippen molar-refractivity contribution in [3.05, 3.63) is 71.7 Å². The Morgan fingerprint density at radius 2 is 1.93 bits per heavy atom. The number of amides is 1. The normalized spacial score (nSPS) is 16.9. The van der Waals surface area contributed by atoms with Crippen molar-refractivity contribution in [2.75, 3.05) is 13.1 Å². The van der Waals surface area contributed by atoms with Crippen LogP contribution in [0, 0.1) is 6.92 Å². The zero-order valence-electron chi connectivity index (χ0n) is 17.2. The van der Waals surface area contributed by atoms with Gasteiger partial charge < -0.3 is 14.0 Å². The summed E-state index contributed by atoms with van der Waals surface area (Å²) >= 11 is 0. The largest absolute Gasteiger partial charge is 0.355 e. The van der Waals surface area contributed by atoms with E-state index in [0.717, 1.165) is 41.8 Å². The molecule has 5 rings (SSSR count). The molecule has 1 fully saturated rings. The number of fused-ring (bicyclic) bond motifs is 1. The lowest BCUT2D eigenvalue weighted by atomic mass is 9.97. The van der Waals surface area contributed by atoms with Gasteiger partial charge in [0.1, 0.15) is 5.82 Å². The van der Waals surface area contributed by atoms with Gasteiger partial charge in [-0.1, -0.05) is 47.1 Å². The van der Waals surface area contributed by atoms with Gasteiger partial charge in [0, 0.05) is 37.7 Å². The van der Waals surface area contributed by atoms with Crippen LogP contribution in [0.2, 0.25) is 0 Å². The molecule has 0 saturated carbocycles. The van der Waals surface area contributed by atoms with Crippen molar-refractivity contribution in [1.29, 1.82) is 0 Å². The van der Waals surface area contributed by atoms with Gasteiger partial charge in [-0.15, -0.1) is 0 Å². The highest BCUT2D eigenvalue weighted by Gasteiger charge is 2.30. The summed E-state index contributed by atoms with van der Waals surface area (Å²) in [7, 11) is 2.05. The molecule has 1 amide bonds. The third-order valence-electron chi connectivity index (χ3n) is 5.96. The predicted octanol–water partition coefficient (Wildman–Crippen LogP) is 4.56. The minimum Gasteiger partial charge on any atom is -0.355 e. The summed E-state index contributed by atoms with van der Waals surface area (Å²) < 4.78 is 7.61. The van der Waals surface area contributed by atoms with E-state index in [1.165, 1.54) is 5.56 Å². The zero-order valence-corrected chi connectivity index (χ0v) is 17.2. The molecule has 0 bridgehead atoms. The van der Waals surface area contributed by atoms with E-state index < -0.39 is 0 Å². The fourth-order valence-corrected chi connectivity index (χ4v) is 4.29. The Labute approximate surface area is 175 Å². The van der Waals surface area contributed by atoms with Crippen LogP contribution in [0.25, 0.3) is 22.4 Å². The summed E-state index contributed by atoms with van der Waals surface area (Å²) in [6, 6.07) is 17.9. The monoisotopic (exact) mass is 400 g/mol. The van der Waals surface area contributed by atoms with Gasteiger partial charge in [0.15, 0.2) is 11.5 Å². The van der Waals surface area contributed by atoms with Crippen LogP contribution in [0.1, 0.15) is 40.6 Å². The highest BCUT2D eigenvalue weighted by molar-refractivity contribution is 5.93. The van der Waals surface area contributed by atoms with Gasteiger partial charge in [0.05, 0.1) is 11.0 Å². The number of carbonyl (C=O) groups excluding carboxylic acids is 1. The molecule has 0 N–H and O–H groups in total. The molecule has 1 atom stereocenters. The van der Waals surface area contributed by atoms with Crippen LogP contribution in [0.3, 0.4) is 0 Å². The number of para-hydroxylation sites is 2. The number of likely N-dealkylation sites (tertiary alicyclic amines) is 1. The number of rotatable bonds is 3. The minimum absolute atomic E-state index is 0.0828. The van der Waals surface area contributed by atoms with E-state index in [-0.39, 0.29) is 11.8 Å². The molecule has 30 heavy (non-hydrogen) atoms. The Hall–Kier alpha value is -3.41. The molecule has 3 heterocycles. The zero-order chi connectivity index (χ0) is 20.7. The molecule has 6 nitrogen and oxygen atoms in total. The first kappa shape index (κ1) is 18.6. The first-order chi connectivity index (χ1) is 14.6. The van der Waals surface area contributed by atoms with Crippen LogP contribution < -0.4 is 0 Å². The number of hydrogen-bond acceptors (Lipinski definition) is 4. The number of nitrogens with zero attached hydrogens (tertiary/aromatic N) is 4. The lowest BCUT2D eigenvalue weighted by Gasteiger charge is -2.31. The summed E-state index contributed by atoms with van der Waals surface area (Å²) in [5.41, 5.74) is 4.57. The van der Waals surface area contributed by atoms with Crippen molar-refractivity contribution in [2.24, 2.45) is 7.05 Å². The van der Waals surface area contributed by atoms with E-state index in [0.29, 0.717) is 18.0 Å². The van der Waals surface area contributed by atoms with E-state index in [1.54, 1.807) is 6.07 Å². The number of hydrogen-bond donors (Lipinski definition) is 0. The fourth-order valence-electron chi connectivity index (χ4n) is 4.29. The van der Waals surface area contributed by atoms with Crippen molar-refractivity contribution in [3.63, 3.8) is 0 Å². The molecular weight excluding hydrogens is 376 g/mol. The highest BCUT2D eigenvalue weighted by Crippen LogP contribution is 2.30. The number of aromatic nitrogens is 3. The van der Waals surface area contributed by atoms with Crippen LogP contribution in [0.4, 0.5) is 0 Å². The summed E-state index contributed by atoms with van der Waals surface area (Å²) in [4.78, 5) is 19.8. The van der Waals surface area contributed by atoms with E-state index in [9.17, 15) is 4.79 Å². The number of benzene rings is 2. The molecule has 1 aliphatic rings. The van der Waals surface area contributed by atoms with Gasteiger partial charge in [-0.25, -0.2) is 4.98 Å². The Bertz CT molecular complexity index is 1210.